The first-order chi connectivity index (χ1) is 17.2. The van der Waals surface area contributed by atoms with Gasteiger partial charge in [0.25, 0.3) is 0 Å². The molecule has 2 aromatic rings. The quantitative estimate of drug-likeness (QED) is 0.648. The lowest BCUT2D eigenvalue weighted by Gasteiger charge is -2.40. The van der Waals surface area contributed by atoms with E-state index in [2.05, 4.69) is 74.1 Å². The number of pyridine rings is 2. The van der Waals surface area contributed by atoms with E-state index in [-0.39, 0.29) is 6.04 Å². The van der Waals surface area contributed by atoms with Gasteiger partial charge in [-0.25, -0.2) is 0 Å². The molecule has 1 saturated heterocycles. The van der Waals surface area contributed by atoms with E-state index >= 15 is 0 Å². The summed E-state index contributed by atoms with van der Waals surface area (Å²) < 4.78 is 0. The Morgan fingerprint density at radius 1 is 1.03 bits per heavy atom. The molecular weight excluding hydrogens is 434 g/mol. The molecule has 0 N–H and O–H groups in total. The maximum atomic E-state index is 5.20. The number of nitrogens with zero attached hydrogens (tertiary/aromatic N) is 7. The van der Waals surface area contributed by atoms with Crippen LogP contribution in [0.1, 0.15) is 35.8 Å². The third-order valence-electron chi connectivity index (χ3n) is 7.72. The molecule has 2 atom stereocenters. The lowest BCUT2D eigenvalue weighted by atomic mass is 9.90. The van der Waals surface area contributed by atoms with Crippen molar-refractivity contribution in [3.63, 3.8) is 0 Å². The monoisotopic (exact) mass is 469 g/mol. The maximum Gasteiger partial charge on any atom is 0.129 e. The Morgan fingerprint density at radius 2 is 1.91 bits per heavy atom. The molecule has 6 rings (SSSR count). The molecule has 2 aromatic heterocycles. The molecular formula is C28H35N7. The minimum absolute atomic E-state index is 0.224. The summed E-state index contributed by atoms with van der Waals surface area (Å²) in [5.41, 5.74) is 3.75. The van der Waals surface area contributed by atoms with Gasteiger partial charge in [0.05, 0.1) is 23.5 Å². The first-order valence-electron chi connectivity index (χ1n) is 13.0. The van der Waals surface area contributed by atoms with Crippen LogP contribution in [0.15, 0.2) is 71.8 Å². The molecule has 0 amide bonds. The Labute approximate surface area is 208 Å². The number of rotatable bonds is 6. The number of aliphatic imine (C=N–C) groups is 1. The number of allylic oxidation sites excluding steroid dienone is 2. The Hall–Kier alpha value is -3.03. The van der Waals surface area contributed by atoms with E-state index in [4.69, 9.17) is 9.98 Å². The smallest absolute Gasteiger partial charge is 0.129 e. The van der Waals surface area contributed by atoms with Gasteiger partial charge >= 0.3 is 0 Å². The Balaban J connectivity index is 1.22. The van der Waals surface area contributed by atoms with Crippen LogP contribution in [0.25, 0.3) is 0 Å². The van der Waals surface area contributed by atoms with Crippen molar-refractivity contribution in [2.24, 2.45) is 4.99 Å². The number of piperazine rings is 1. The second-order valence-electron chi connectivity index (χ2n) is 10.1. The zero-order valence-corrected chi connectivity index (χ0v) is 20.6. The molecule has 3 aliphatic heterocycles. The third kappa shape index (κ3) is 4.75. The second-order valence-corrected chi connectivity index (χ2v) is 10.1. The summed E-state index contributed by atoms with van der Waals surface area (Å²) in [5, 5.41) is 0. The fourth-order valence-corrected chi connectivity index (χ4v) is 5.88. The summed E-state index contributed by atoms with van der Waals surface area (Å²) in [6.07, 6.45) is 13.9. The zero-order valence-electron chi connectivity index (χ0n) is 20.6. The predicted molar refractivity (Wildman–Crippen MR) is 139 cm³/mol. The standard InChI is InChI=1S/C28H35N7/c1-32-15-17-33(18-16-32)27-12-5-11-26-31-24(21-35(26)27)20-34(19-23-9-2-3-13-29-23)25-10-4-7-22-8-6-14-30-28(22)25/h2-3,5-6,8-9,11-14,24-25H,4,7,10,15-21H2,1H3/t24?,25-/m0/s1. The number of fused-ring (bicyclic) bond motifs is 2. The zero-order chi connectivity index (χ0) is 23.6. The van der Waals surface area contributed by atoms with Gasteiger partial charge < -0.3 is 14.7 Å². The van der Waals surface area contributed by atoms with Crippen LogP contribution < -0.4 is 0 Å². The average molecular weight is 470 g/mol. The van der Waals surface area contributed by atoms with Crippen LogP contribution in [0.5, 0.6) is 0 Å². The normalized spacial score (nSPS) is 24.3. The molecule has 1 unspecified atom stereocenters. The van der Waals surface area contributed by atoms with Crippen LogP contribution in [0, 0.1) is 0 Å². The fraction of sp³-hybridized carbons (Fsp3) is 0.464. The SMILES string of the molecule is CN1CCN(C2=CC=CC3=NC(CN(Cc4ccccn4)[C@H]4CCCc5cccnc54)CN23)CC1. The van der Waals surface area contributed by atoms with E-state index in [9.17, 15) is 0 Å². The molecule has 1 fully saturated rings. The molecule has 0 bridgehead atoms. The van der Waals surface area contributed by atoms with Crippen LogP contribution in [0.4, 0.5) is 0 Å². The first-order valence-corrected chi connectivity index (χ1v) is 13.0. The van der Waals surface area contributed by atoms with Gasteiger partial charge in [-0.2, -0.15) is 0 Å². The largest absolute Gasteiger partial charge is 0.355 e. The summed E-state index contributed by atoms with van der Waals surface area (Å²) in [7, 11) is 2.21. The molecule has 0 saturated carbocycles. The van der Waals surface area contributed by atoms with E-state index in [0.717, 1.165) is 70.2 Å². The molecule has 1 aliphatic carbocycles. The first kappa shape index (κ1) is 22.4. The van der Waals surface area contributed by atoms with Gasteiger partial charge in [0, 0.05) is 58.2 Å². The van der Waals surface area contributed by atoms with Crippen LogP contribution in [-0.4, -0.2) is 87.8 Å². The van der Waals surface area contributed by atoms with Gasteiger partial charge in [0.1, 0.15) is 11.7 Å². The number of amidine groups is 1. The highest BCUT2D eigenvalue weighted by molar-refractivity contribution is 5.96. The lowest BCUT2D eigenvalue weighted by molar-refractivity contribution is 0.143. The van der Waals surface area contributed by atoms with Crippen molar-refractivity contribution in [1.29, 1.82) is 0 Å². The molecule has 5 heterocycles. The van der Waals surface area contributed by atoms with Gasteiger partial charge in [-0.05, 0) is 62.2 Å². The maximum absolute atomic E-state index is 5.20. The summed E-state index contributed by atoms with van der Waals surface area (Å²) in [6, 6.07) is 11.1. The van der Waals surface area contributed by atoms with Crippen molar-refractivity contribution in [3.8, 4) is 0 Å². The van der Waals surface area contributed by atoms with E-state index in [1.807, 2.05) is 18.5 Å². The lowest BCUT2D eigenvalue weighted by Crippen LogP contribution is -2.48. The Bertz CT molecular complexity index is 1120. The topological polar surface area (TPSA) is 51.1 Å². The minimum Gasteiger partial charge on any atom is -0.355 e. The van der Waals surface area contributed by atoms with Gasteiger partial charge in [-0.3, -0.25) is 19.9 Å². The van der Waals surface area contributed by atoms with Gasteiger partial charge in [-0.15, -0.1) is 0 Å². The number of aryl methyl sites for hydroxylation is 1. The average Bonchev–Trinajstić information content (AvgIpc) is 3.32. The van der Waals surface area contributed by atoms with Crippen molar-refractivity contribution >= 4 is 5.84 Å². The number of hydrogen-bond acceptors (Lipinski definition) is 7. The van der Waals surface area contributed by atoms with Crippen molar-refractivity contribution in [3.05, 3.63) is 83.7 Å². The van der Waals surface area contributed by atoms with Crippen molar-refractivity contribution in [1.82, 2.24) is 29.6 Å². The Kier molecular flexibility index (Phi) is 6.35. The number of likely N-dealkylation sites (N-methyl/N-ethyl adjacent to an activating group) is 1. The van der Waals surface area contributed by atoms with E-state index in [0.29, 0.717) is 6.04 Å². The second kappa shape index (κ2) is 9.91. The molecule has 4 aliphatic rings. The summed E-state index contributed by atoms with van der Waals surface area (Å²) in [5.74, 6) is 2.41. The summed E-state index contributed by atoms with van der Waals surface area (Å²) >= 11 is 0. The number of aromatic nitrogens is 2. The highest BCUT2D eigenvalue weighted by atomic mass is 15.4. The highest BCUT2D eigenvalue weighted by Crippen LogP contribution is 2.34. The van der Waals surface area contributed by atoms with Crippen LogP contribution in [0.3, 0.4) is 0 Å². The van der Waals surface area contributed by atoms with Gasteiger partial charge in [0.15, 0.2) is 0 Å². The van der Waals surface area contributed by atoms with E-state index < -0.39 is 0 Å². The molecule has 7 heteroatoms. The molecule has 35 heavy (non-hydrogen) atoms. The minimum atomic E-state index is 0.224. The Morgan fingerprint density at radius 3 is 2.77 bits per heavy atom. The van der Waals surface area contributed by atoms with Gasteiger partial charge in [-0.1, -0.05) is 18.2 Å². The summed E-state index contributed by atoms with van der Waals surface area (Å²) in [6.45, 7) is 7.01. The van der Waals surface area contributed by atoms with Crippen LogP contribution in [0.2, 0.25) is 0 Å². The predicted octanol–water partition coefficient (Wildman–Crippen LogP) is 3.10. The van der Waals surface area contributed by atoms with Crippen LogP contribution in [-0.2, 0) is 13.0 Å². The van der Waals surface area contributed by atoms with Crippen molar-refractivity contribution in [2.45, 2.75) is 37.9 Å². The van der Waals surface area contributed by atoms with E-state index in [1.165, 1.54) is 23.5 Å². The van der Waals surface area contributed by atoms with Crippen molar-refractivity contribution < 1.29 is 0 Å². The highest BCUT2D eigenvalue weighted by Gasteiger charge is 2.35. The molecule has 0 spiro atoms. The fourth-order valence-electron chi connectivity index (χ4n) is 5.88. The van der Waals surface area contributed by atoms with E-state index in [1.54, 1.807) is 0 Å². The number of hydrogen-bond donors (Lipinski definition) is 0. The van der Waals surface area contributed by atoms with Crippen LogP contribution >= 0.6 is 0 Å². The summed E-state index contributed by atoms with van der Waals surface area (Å²) in [4.78, 5) is 24.7. The molecule has 0 radical (unpaired) electrons. The molecule has 7 nitrogen and oxygen atoms in total. The molecule has 182 valence electrons. The molecule has 0 aromatic carbocycles. The van der Waals surface area contributed by atoms with Crippen molar-refractivity contribution in [2.75, 3.05) is 46.3 Å². The van der Waals surface area contributed by atoms with Gasteiger partial charge in [0.2, 0.25) is 0 Å². The third-order valence-corrected chi connectivity index (χ3v) is 7.72.